The number of hydrogen-bond acceptors (Lipinski definition) is 6. The number of alkyl halides is 3. The number of aromatic nitrogens is 1. The predicted octanol–water partition coefficient (Wildman–Crippen LogP) is 3.32. The maximum Gasteiger partial charge on any atom is 0.421 e. The van der Waals surface area contributed by atoms with Crippen LogP contribution in [-0.2, 0) is 17.3 Å². The van der Waals surface area contributed by atoms with E-state index in [1.807, 2.05) is 13.8 Å². The minimum atomic E-state index is -4.78. The standard InChI is InChI=1S/C20H20BF3N2O4/c1-12(2)28-7-8-29-18-14(11-25)10-16(20(22,23)24)19(26-18)30-15-3-4-17-13(9-15)5-6-21(17)27/h3-4,9-10,12,27H,5-8H2,1-2H3. The molecule has 0 fully saturated rings. The molecular weight excluding hydrogens is 400 g/mol. The van der Waals surface area contributed by atoms with Gasteiger partial charge in [0.25, 0.3) is 0 Å². The topological polar surface area (TPSA) is 84.6 Å². The third kappa shape index (κ3) is 5.04. The van der Waals surface area contributed by atoms with Crippen LogP contribution in [-0.4, -0.2) is 36.2 Å². The molecule has 0 spiro atoms. The summed E-state index contributed by atoms with van der Waals surface area (Å²) in [6.07, 6.45) is -3.66. The summed E-state index contributed by atoms with van der Waals surface area (Å²) >= 11 is 0. The molecule has 1 aromatic heterocycles. The Morgan fingerprint density at radius 3 is 2.67 bits per heavy atom. The van der Waals surface area contributed by atoms with Gasteiger partial charge in [-0.25, -0.2) is 0 Å². The molecule has 0 bridgehead atoms. The molecule has 0 radical (unpaired) electrons. The highest BCUT2D eigenvalue weighted by Crippen LogP contribution is 2.39. The predicted molar refractivity (Wildman–Crippen MR) is 103 cm³/mol. The van der Waals surface area contributed by atoms with Crippen LogP contribution in [0.25, 0.3) is 0 Å². The summed E-state index contributed by atoms with van der Waals surface area (Å²) in [4.78, 5) is 3.84. The van der Waals surface area contributed by atoms with Gasteiger partial charge in [-0.1, -0.05) is 6.07 Å². The molecule has 1 aliphatic heterocycles. The highest BCUT2D eigenvalue weighted by Gasteiger charge is 2.37. The first-order valence-corrected chi connectivity index (χ1v) is 9.44. The molecule has 158 valence electrons. The Labute approximate surface area is 172 Å². The van der Waals surface area contributed by atoms with Crippen molar-refractivity contribution in [1.82, 2.24) is 4.98 Å². The molecule has 0 saturated heterocycles. The Kier molecular flexibility index (Phi) is 6.53. The second-order valence-electron chi connectivity index (χ2n) is 7.09. The average Bonchev–Trinajstić information content (AvgIpc) is 3.04. The first kappa shape index (κ1) is 21.9. The van der Waals surface area contributed by atoms with Gasteiger partial charge in [-0.3, -0.25) is 0 Å². The van der Waals surface area contributed by atoms with Gasteiger partial charge in [0.2, 0.25) is 11.8 Å². The normalized spacial score (nSPS) is 13.3. The third-order valence-corrected chi connectivity index (χ3v) is 4.53. The van der Waals surface area contributed by atoms with Crippen LogP contribution >= 0.6 is 0 Å². The summed E-state index contributed by atoms with van der Waals surface area (Å²) in [5.74, 6) is -0.816. The molecule has 0 saturated carbocycles. The number of ether oxygens (including phenoxy) is 3. The Hall–Kier alpha value is -2.77. The van der Waals surface area contributed by atoms with E-state index in [0.717, 1.165) is 11.0 Å². The van der Waals surface area contributed by atoms with Crippen LogP contribution in [0.15, 0.2) is 24.3 Å². The lowest BCUT2D eigenvalue weighted by atomic mass is 9.63. The van der Waals surface area contributed by atoms with Crippen LogP contribution in [0.5, 0.6) is 17.5 Å². The monoisotopic (exact) mass is 420 g/mol. The molecule has 1 aromatic carbocycles. The second-order valence-corrected chi connectivity index (χ2v) is 7.09. The maximum absolute atomic E-state index is 13.5. The van der Waals surface area contributed by atoms with Gasteiger partial charge < -0.3 is 19.2 Å². The summed E-state index contributed by atoms with van der Waals surface area (Å²) in [6, 6.07) is 7.03. The third-order valence-electron chi connectivity index (χ3n) is 4.53. The van der Waals surface area contributed by atoms with Gasteiger partial charge in [-0.2, -0.15) is 23.4 Å². The smallest absolute Gasteiger partial charge is 0.421 e. The highest BCUT2D eigenvalue weighted by atomic mass is 19.4. The van der Waals surface area contributed by atoms with Crippen LogP contribution in [0.3, 0.4) is 0 Å². The summed E-state index contributed by atoms with van der Waals surface area (Å²) in [5.41, 5.74) is 0.0199. The highest BCUT2D eigenvalue weighted by molar-refractivity contribution is 6.68. The second kappa shape index (κ2) is 8.94. The van der Waals surface area contributed by atoms with Crippen molar-refractivity contribution >= 4 is 12.4 Å². The number of fused-ring (bicyclic) bond motifs is 1. The number of aryl methyl sites for hydroxylation is 1. The molecule has 2 heterocycles. The lowest BCUT2D eigenvalue weighted by molar-refractivity contribution is -0.138. The van der Waals surface area contributed by atoms with Crippen molar-refractivity contribution < 1.29 is 32.4 Å². The van der Waals surface area contributed by atoms with Gasteiger partial charge in [0.1, 0.15) is 29.6 Å². The van der Waals surface area contributed by atoms with Crippen LogP contribution in [0, 0.1) is 11.3 Å². The van der Waals surface area contributed by atoms with E-state index >= 15 is 0 Å². The van der Waals surface area contributed by atoms with E-state index in [0.29, 0.717) is 18.8 Å². The zero-order chi connectivity index (χ0) is 21.9. The van der Waals surface area contributed by atoms with E-state index in [2.05, 4.69) is 4.98 Å². The molecule has 1 N–H and O–H groups in total. The molecule has 1 aliphatic rings. The fourth-order valence-corrected chi connectivity index (χ4v) is 3.12. The van der Waals surface area contributed by atoms with Crippen molar-refractivity contribution in [3.8, 4) is 23.6 Å². The molecule has 0 atom stereocenters. The van der Waals surface area contributed by atoms with Crippen LogP contribution in [0.2, 0.25) is 6.32 Å². The van der Waals surface area contributed by atoms with E-state index in [1.54, 1.807) is 18.2 Å². The minimum Gasteiger partial charge on any atom is -0.474 e. The molecule has 10 heteroatoms. The quantitative estimate of drug-likeness (QED) is 0.547. The van der Waals surface area contributed by atoms with Crippen molar-refractivity contribution in [2.75, 3.05) is 13.2 Å². The molecular formula is C20H20BF3N2O4. The van der Waals surface area contributed by atoms with E-state index in [1.165, 1.54) is 6.07 Å². The number of halogens is 3. The van der Waals surface area contributed by atoms with Crippen molar-refractivity contribution in [3.63, 3.8) is 0 Å². The molecule has 6 nitrogen and oxygen atoms in total. The minimum absolute atomic E-state index is 0.0153. The number of benzene rings is 1. The number of pyridine rings is 1. The number of rotatable bonds is 7. The van der Waals surface area contributed by atoms with Gasteiger partial charge in [-0.15, -0.1) is 0 Å². The van der Waals surface area contributed by atoms with E-state index in [9.17, 15) is 23.5 Å². The average molecular weight is 420 g/mol. The first-order valence-electron chi connectivity index (χ1n) is 9.44. The van der Waals surface area contributed by atoms with Crippen molar-refractivity contribution in [2.24, 2.45) is 0 Å². The Balaban J connectivity index is 1.91. The number of nitrogens with zero attached hydrogens (tertiary/aromatic N) is 2. The Bertz CT molecular complexity index is 960. The van der Waals surface area contributed by atoms with Crippen molar-refractivity contribution in [3.05, 3.63) is 41.0 Å². The van der Waals surface area contributed by atoms with E-state index in [-0.39, 0.29) is 36.5 Å². The SMILES string of the molecule is CC(C)OCCOc1nc(Oc2ccc3c(c2)CCB3O)c(C(F)(F)F)cc1C#N. The fraction of sp³-hybridized carbons (Fsp3) is 0.400. The molecule has 3 rings (SSSR count). The van der Waals surface area contributed by atoms with Gasteiger partial charge in [0, 0.05) is 0 Å². The van der Waals surface area contributed by atoms with Crippen molar-refractivity contribution in [2.45, 2.75) is 38.9 Å². The lowest BCUT2D eigenvalue weighted by Crippen LogP contribution is -2.25. The largest absolute Gasteiger partial charge is 0.474 e. The van der Waals surface area contributed by atoms with Crippen LogP contribution in [0.4, 0.5) is 13.2 Å². The summed E-state index contributed by atoms with van der Waals surface area (Å²) in [5, 5.41) is 19.1. The Morgan fingerprint density at radius 2 is 2.00 bits per heavy atom. The molecule has 30 heavy (non-hydrogen) atoms. The van der Waals surface area contributed by atoms with E-state index < -0.39 is 24.5 Å². The van der Waals surface area contributed by atoms with Gasteiger partial charge in [-0.05, 0) is 55.8 Å². The zero-order valence-electron chi connectivity index (χ0n) is 16.5. The molecule has 0 unspecified atom stereocenters. The van der Waals surface area contributed by atoms with Crippen LogP contribution < -0.4 is 14.9 Å². The van der Waals surface area contributed by atoms with Crippen LogP contribution in [0.1, 0.15) is 30.5 Å². The number of nitriles is 1. The maximum atomic E-state index is 13.5. The molecule has 2 aromatic rings. The molecule has 0 amide bonds. The van der Waals surface area contributed by atoms with Gasteiger partial charge >= 0.3 is 13.1 Å². The van der Waals surface area contributed by atoms with Gasteiger partial charge in [0.15, 0.2) is 0 Å². The fourth-order valence-electron chi connectivity index (χ4n) is 3.12. The zero-order valence-corrected chi connectivity index (χ0v) is 16.5. The van der Waals surface area contributed by atoms with Gasteiger partial charge in [0.05, 0.1) is 12.7 Å². The van der Waals surface area contributed by atoms with Crippen molar-refractivity contribution in [1.29, 1.82) is 5.26 Å². The number of hydrogen-bond donors (Lipinski definition) is 1. The van der Waals surface area contributed by atoms with E-state index in [4.69, 9.17) is 14.2 Å². The summed E-state index contributed by atoms with van der Waals surface area (Å²) < 4.78 is 56.8. The Morgan fingerprint density at radius 1 is 1.23 bits per heavy atom. The lowest BCUT2D eigenvalue weighted by Gasteiger charge is -2.16. The molecule has 0 aliphatic carbocycles. The first-order chi connectivity index (χ1) is 14.2. The summed E-state index contributed by atoms with van der Waals surface area (Å²) in [6.45, 7) is 3.29. The summed E-state index contributed by atoms with van der Waals surface area (Å²) in [7, 11) is 0.